The van der Waals surface area contributed by atoms with Crippen molar-refractivity contribution in [2.45, 2.75) is 73.3 Å². The molecule has 0 aliphatic heterocycles. The molecule has 0 atom stereocenters. The average molecular weight is 509 g/mol. The summed E-state index contributed by atoms with van der Waals surface area (Å²) in [7, 11) is 0. The summed E-state index contributed by atoms with van der Waals surface area (Å²) < 4.78 is 2.37. The van der Waals surface area contributed by atoms with Crippen LogP contribution >= 0.6 is 0 Å². The number of tetrazole rings is 1. The quantitative estimate of drug-likeness (QED) is 0.267. The zero-order chi connectivity index (χ0) is 27.0. The van der Waals surface area contributed by atoms with Gasteiger partial charge in [-0.3, -0.25) is 0 Å². The second-order valence-corrected chi connectivity index (χ2v) is 11.8. The highest BCUT2D eigenvalue weighted by Gasteiger charge is 2.25. The third-order valence-electron chi connectivity index (χ3n) is 6.71. The van der Waals surface area contributed by atoms with Crippen LogP contribution in [0.3, 0.4) is 0 Å². The number of nitrogens with one attached hydrogen (secondary N) is 1. The number of rotatable bonds is 7. The average Bonchev–Trinajstić information content (AvgIpc) is 3.52. The number of aromatic nitrogens is 8. The normalized spacial score (nSPS) is 12.2. The fourth-order valence-corrected chi connectivity index (χ4v) is 4.88. The van der Waals surface area contributed by atoms with E-state index in [2.05, 4.69) is 109 Å². The predicted molar refractivity (Wildman–Crippen MR) is 151 cm³/mol. The molecule has 38 heavy (non-hydrogen) atoms. The summed E-state index contributed by atoms with van der Waals surface area (Å²) in [6, 6.07) is 16.9. The molecule has 0 spiro atoms. The van der Waals surface area contributed by atoms with Crippen LogP contribution in [0.4, 0.5) is 0 Å². The molecule has 5 rings (SSSR count). The van der Waals surface area contributed by atoms with Crippen molar-refractivity contribution < 1.29 is 0 Å². The lowest BCUT2D eigenvalue weighted by Crippen LogP contribution is -2.15. The maximum absolute atomic E-state index is 5.20. The summed E-state index contributed by atoms with van der Waals surface area (Å²) in [5, 5.41) is 23.8. The van der Waals surface area contributed by atoms with E-state index in [1.165, 1.54) is 5.56 Å². The van der Waals surface area contributed by atoms with Gasteiger partial charge in [-0.15, -0.1) is 5.10 Å². The SMILES string of the molecule is CC(C)c1nnc(C(C)C)c2c1nc(CC(C)(C)C)n2Cc1ccc(-c2ccccc2-c2nnn[nH]2)cc1. The number of benzene rings is 2. The molecule has 0 fully saturated rings. The second-order valence-electron chi connectivity index (χ2n) is 11.8. The fraction of sp³-hybridized carbons (Fsp3) is 0.400. The maximum Gasteiger partial charge on any atom is 0.180 e. The zero-order valence-corrected chi connectivity index (χ0v) is 23.3. The Labute approximate surface area is 223 Å². The summed E-state index contributed by atoms with van der Waals surface area (Å²) in [4.78, 5) is 5.20. The smallest absolute Gasteiger partial charge is 0.180 e. The lowest BCUT2D eigenvalue weighted by molar-refractivity contribution is 0.394. The van der Waals surface area contributed by atoms with Crippen LogP contribution in [0.15, 0.2) is 48.5 Å². The minimum Gasteiger partial charge on any atom is -0.322 e. The predicted octanol–water partition coefficient (Wildman–Crippen LogP) is 6.56. The van der Waals surface area contributed by atoms with E-state index in [9.17, 15) is 0 Å². The first-order valence-electron chi connectivity index (χ1n) is 13.3. The van der Waals surface area contributed by atoms with Gasteiger partial charge in [0.1, 0.15) is 11.3 Å². The van der Waals surface area contributed by atoms with Gasteiger partial charge in [0.05, 0.1) is 16.9 Å². The highest BCUT2D eigenvalue weighted by Crippen LogP contribution is 2.33. The molecule has 1 N–H and O–H groups in total. The van der Waals surface area contributed by atoms with Gasteiger partial charge in [0.15, 0.2) is 5.82 Å². The summed E-state index contributed by atoms with van der Waals surface area (Å²) in [5.41, 5.74) is 8.54. The van der Waals surface area contributed by atoms with Crippen LogP contribution in [0, 0.1) is 5.41 Å². The Morgan fingerprint density at radius 2 is 1.47 bits per heavy atom. The number of aromatic amines is 1. The molecule has 0 saturated heterocycles. The molecule has 3 aromatic heterocycles. The molecular formula is C30H36N8. The third kappa shape index (κ3) is 5.08. The number of hydrogen-bond donors (Lipinski definition) is 1. The Hall–Kier alpha value is -3.94. The first-order valence-corrected chi connectivity index (χ1v) is 13.3. The van der Waals surface area contributed by atoms with Crippen molar-refractivity contribution in [3.8, 4) is 22.5 Å². The topological polar surface area (TPSA) is 98.1 Å². The van der Waals surface area contributed by atoms with Crippen LogP contribution < -0.4 is 0 Å². The van der Waals surface area contributed by atoms with Crippen LogP contribution in [0.2, 0.25) is 0 Å². The number of H-pyrrole nitrogens is 1. The highest BCUT2D eigenvalue weighted by atomic mass is 15.5. The molecular weight excluding hydrogens is 472 g/mol. The number of hydrogen-bond acceptors (Lipinski definition) is 6. The van der Waals surface area contributed by atoms with Crippen molar-refractivity contribution >= 4 is 11.0 Å². The minimum atomic E-state index is 0.0963. The van der Waals surface area contributed by atoms with Gasteiger partial charge < -0.3 is 4.57 Å². The van der Waals surface area contributed by atoms with Crippen molar-refractivity contribution in [2.24, 2.45) is 5.41 Å². The first kappa shape index (κ1) is 25.7. The van der Waals surface area contributed by atoms with E-state index >= 15 is 0 Å². The molecule has 0 amide bonds. The summed E-state index contributed by atoms with van der Waals surface area (Å²) in [5.74, 6) is 2.23. The van der Waals surface area contributed by atoms with Crippen molar-refractivity contribution in [1.82, 2.24) is 40.4 Å². The second kappa shape index (κ2) is 10.1. The van der Waals surface area contributed by atoms with Crippen LogP contribution in [-0.4, -0.2) is 40.4 Å². The molecule has 196 valence electrons. The van der Waals surface area contributed by atoms with E-state index < -0.39 is 0 Å². The van der Waals surface area contributed by atoms with E-state index in [1.54, 1.807) is 0 Å². The molecule has 8 heteroatoms. The Morgan fingerprint density at radius 1 is 0.816 bits per heavy atom. The molecule has 2 aromatic carbocycles. The Balaban J connectivity index is 1.59. The van der Waals surface area contributed by atoms with E-state index in [0.717, 1.165) is 57.9 Å². The highest BCUT2D eigenvalue weighted by molar-refractivity contribution is 5.82. The third-order valence-corrected chi connectivity index (χ3v) is 6.71. The van der Waals surface area contributed by atoms with Crippen molar-refractivity contribution in [1.29, 1.82) is 0 Å². The van der Waals surface area contributed by atoms with E-state index in [0.29, 0.717) is 5.82 Å². The number of fused-ring (bicyclic) bond motifs is 1. The molecule has 3 heterocycles. The van der Waals surface area contributed by atoms with Gasteiger partial charge in [-0.1, -0.05) is 97.0 Å². The minimum absolute atomic E-state index is 0.0963. The van der Waals surface area contributed by atoms with Gasteiger partial charge in [0, 0.05) is 18.5 Å². The number of imidazole rings is 1. The molecule has 0 saturated carbocycles. The molecule has 0 unspecified atom stereocenters. The van der Waals surface area contributed by atoms with Crippen LogP contribution in [0.25, 0.3) is 33.5 Å². The maximum atomic E-state index is 5.20. The fourth-order valence-electron chi connectivity index (χ4n) is 4.88. The van der Waals surface area contributed by atoms with Crippen LogP contribution in [0.5, 0.6) is 0 Å². The van der Waals surface area contributed by atoms with Crippen LogP contribution in [0.1, 0.15) is 83.1 Å². The van der Waals surface area contributed by atoms with Crippen molar-refractivity contribution in [2.75, 3.05) is 0 Å². The molecule has 5 aromatic rings. The van der Waals surface area contributed by atoms with Gasteiger partial charge in [0.25, 0.3) is 0 Å². The molecule has 8 nitrogen and oxygen atoms in total. The van der Waals surface area contributed by atoms with Gasteiger partial charge in [-0.2, -0.15) is 10.2 Å². The molecule has 0 radical (unpaired) electrons. The van der Waals surface area contributed by atoms with E-state index in [1.807, 2.05) is 18.2 Å². The molecule has 0 aliphatic rings. The van der Waals surface area contributed by atoms with E-state index in [-0.39, 0.29) is 17.3 Å². The van der Waals surface area contributed by atoms with Crippen molar-refractivity contribution in [3.05, 3.63) is 71.3 Å². The Kier molecular flexibility index (Phi) is 6.82. The van der Waals surface area contributed by atoms with Gasteiger partial charge in [0.2, 0.25) is 0 Å². The lowest BCUT2D eigenvalue weighted by atomic mass is 9.92. The van der Waals surface area contributed by atoms with Crippen LogP contribution in [-0.2, 0) is 13.0 Å². The van der Waals surface area contributed by atoms with Gasteiger partial charge >= 0.3 is 0 Å². The Morgan fingerprint density at radius 3 is 2.08 bits per heavy atom. The van der Waals surface area contributed by atoms with Gasteiger partial charge in [-0.25, -0.2) is 10.1 Å². The first-order chi connectivity index (χ1) is 18.1. The van der Waals surface area contributed by atoms with Gasteiger partial charge in [-0.05, 0) is 44.4 Å². The van der Waals surface area contributed by atoms with E-state index in [4.69, 9.17) is 10.1 Å². The summed E-state index contributed by atoms with van der Waals surface area (Å²) >= 11 is 0. The Bertz CT molecular complexity index is 1540. The summed E-state index contributed by atoms with van der Waals surface area (Å²) in [6.07, 6.45) is 0.868. The monoisotopic (exact) mass is 508 g/mol. The molecule has 0 aliphatic carbocycles. The largest absolute Gasteiger partial charge is 0.322 e. The van der Waals surface area contributed by atoms with Crippen molar-refractivity contribution in [3.63, 3.8) is 0 Å². The molecule has 0 bridgehead atoms. The standard InChI is InChI=1S/C30H36N8/c1-18(2)25-27-28(26(19(3)4)33-32-25)38(24(31-27)16-30(5,6)7)17-20-12-14-21(15-13-20)22-10-8-9-11-23(22)29-34-36-37-35-29/h8-15,18-19H,16-17H2,1-7H3,(H,34,35,36,37). The summed E-state index contributed by atoms with van der Waals surface area (Å²) in [6.45, 7) is 16.2. The lowest BCUT2D eigenvalue weighted by Gasteiger charge is -2.19. The number of nitrogens with zero attached hydrogens (tertiary/aromatic N) is 7. The zero-order valence-electron chi connectivity index (χ0n) is 23.3.